The van der Waals surface area contributed by atoms with Crippen LogP contribution in [0.2, 0.25) is 5.02 Å². The molecule has 1 aliphatic rings. The molecule has 2 atom stereocenters. The van der Waals surface area contributed by atoms with Crippen LogP contribution in [0.5, 0.6) is 17.2 Å². The monoisotopic (exact) mass is 306 g/mol. The Bertz CT molecular complexity index is 671. The Balaban J connectivity index is 1.94. The highest BCUT2D eigenvalue weighted by atomic mass is 35.5. The van der Waals surface area contributed by atoms with Gasteiger partial charge in [0.05, 0.1) is 18.2 Å². The van der Waals surface area contributed by atoms with Crippen LogP contribution in [0.3, 0.4) is 0 Å². The number of benzene rings is 2. The van der Waals surface area contributed by atoms with Gasteiger partial charge in [0.2, 0.25) is 0 Å². The summed E-state index contributed by atoms with van der Waals surface area (Å²) in [6.07, 6.45) is -0.504. The van der Waals surface area contributed by atoms with Crippen LogP contribution in [0, 0.1) is 0 Å². The third-order valence-corrected chi connectivity index (χ3v) is 3.93. The molecule has 2 unspecified atom stereocenters. The molecule has 21 heavy (non-hydrogen) atoms. The normalized spacial score (nSPS) is 20.5. The molecule has 2 N–H and O–H groups in total. The third-order valence-electron chi connectivity index (χ3n) is 3.63. The highest BCUT2D eigenvalue weighted by Gasteiger charge is 2.28. The van der Waals surface area contributed by atoms with Crippen molar-refractivity contribution < 1.29 is 19.7 Å². The van der Waals surface area contributed by atoms with E-state index < -0.39 is 6.10 Å². The molecular formula is C16H15ClO4. The third kappa shape index (κ3) is 2.64. The number of phenols is 1. The van der Waals surface area contributed by atoms with Crippen molar-refractivity contribution >= 4 is 11.6 Å². The molecular weight excluding hydrogens is 292 g/mol. The van der Waals surface area contributed by atoms with Crippen molar-refractivity contribution in [3.63, 3.8) is 0 Å². The summed E-state index contributed by atoms with van der Waals surface area (Å²) in [4.78, 5) is 0. The van der Waals surface area contributed by atoms with E-state index in [9.17, 15) is 10.2 Å². The Morgan fingerprint density at radius 1 is 1.24 bits per heavy atom. The van der Waals surface area contributed by atoms with Gasteiger partial charge in [0.25, 0.3) is 0 Å². The SMILES string of the molecule is COc1ccc2c(c1)OC(c1ccc(O)c(Cl)c1)CC2O. The molecule has 110 valence electrons. The Kier molecular flexibility index (Phi) is 3.66. The molecule has 3 rings (SSSR count). The van der Waals surface area contributed by atoms with Crippen molar-refractivity contribution in [3.05, 3.63) is 52.5 Å². The molecule has 0 amide bonds. The van der Waals surface area contributed by atoms with Crippen LogP contribution in [-0.4, -0.2) is 17.3 Å². The summed E-state index contributed by atoms with van der Waals surface area (Å²) in [5.41, 5.74) is 1.56. The van der Waals surface area contributed by atoms with Crippen LogP contribution >= 0.6 is 11.6 Å². The van der Waals surface area contributed by atoms with Gasteiger partial charge >= 0.3 is 0 Å². The van der Waals surface area contributed by atoms with Gasteiger partial charge in [0, 0.05) is 18.1 Å². The molecule has 2 aromatic rings. The zero-order valence-electron chi connectivity index (χ0n) is 11.4. The molecule has 0 fully saturated rings. The molecule has 1 aliphatic heterocycles. The molecule has 0 saturated heterocycles. The maximum atomic E-state index is 10.3. The zero-order chi connectivity index (χ0) is 15.0. The first-order valence-corrected chi connectivity index (χ1v) is 6.97. The van der Waals surface area contributed by atoms with Gasteiger partial charge in [-0.15, -0.1) is 0 Å². The number of fused-ring (bicyclic) bond motifs is 1. The molecule has 0 spiro atoms. The number of rotatable bonds is 2. The maximum Gasteiger partial charge on any atom is 0.134 e. The summed E-state index contributed by atoms with van der Waals surface area (Å²) >= 11 is 5.93. The first kappa shape index (κ1) is 14.0. The van der Waals surface area contributed by atoms with E-state index in [0.717, 1.165) is 11.1 Å². The number of halogens is 1. The van der Waals surface area contributed by atoms with Gasteiger partial charge < -0.3 is 19.7 Å². The molecule has 4 nitrogen and oxygen atoms in total. The van der Waals surface area contributed by atoms with E-state index >= 15 is 0 Å². The molecule has 0 aliphatic carbocycles. The van der Waals surface area contributed by atoms with Crippen molar-refractivity contribution in [1.82, 2.24) is 0 Å². The Labute approximate surface area is 127 Å². The molecule has 0 saturated carbocycles. The van der Waals surface area contributed by atoms with Crippen LogP contribution in [0.4, 0.5) is 0 Å². The number of aliphatic hydroxyl groups excluding tert-OH is 1. The van der Waals surface area contributed by atoms with E-state index in [4.69, 9.17) is 21.1 Å². The van der Waals surface area contributed by atoms with Gasteiger partial charge in [0.1, 0.15) is 23.4 Å². The maximum absolute atomic E-state index is 10.3. The molecule has 0 radical (unpaired) electrons. The Morgan fingerprint density at radius 2 is 2.05 bits per heavy atom. The summed E-state index contributed by atoms with van der Waals surface area (Å²) in [5, 5.41) is 20.0. The first-order chi connectivity index (χ1) is 10.1. The van der Waals surface area contributed by atoms with Crippen LogP contribution in [-0.2, 0) is 0 Å². The van der Waals surface area contributed by atoms with Gasteiger partial charge in [-0.25, -0.2) is 0 Å². The number of ether oxygens (including phenoxy) is 2. The molecule has 2 aromatic carbocycles. The number of methoxy groups -OCH3 is 1. The fourth-order valence-electron chi connectivity index (χ4n) is 2.48. The van der Waals surface area contributed by atoms with E-state index in [0.29, 0.717) is 17.9 Å². The van der Waals surface area contributed by atoms with Gasteiger partial charge in [-0.1, -0.05) is 17.7 Å². The van der Waals surface area contributed by atoms with Crippen molar-refractivity contribution in [2.24, 2.45) is 0 Å². The predicted molar refractivity (Wildman–Crippen MR) is 79.1 cm³/mol. The van der Waals surface area contributed by atoms with E-state index in [2.05, 4.69) is 0 Å². The van der Waals surface area contributed by atoms with Crippen LogP contribution in [0.1, 0.15) is 29.8 Å². The average Bonchev–Trinajstić information content (AvgIpc) is 2.49. The van der Waals surface area contributed by atoms with E-state index in [1.54, 1.807) is 37.4 Å². The van der Waals surface area contributed by atoms with Crippen molar-refractivity contribution in [2.75, 3.05) is 7.11 Å². The van der Waals surface area contributed by atoms with Crippen molar-refractivity contribution in [2.45, 2.75) is 18.6 Å². The van der Waals surface area contributed by atoms with Crippen molar-refractivity contribution in [1.29, 1.82) is 0 Å². The number of hydrogen-bond donors (Lipinski definition) is 2. The molecule has 0 bridgehead atoms. The predicted octanol–water partition coefficient (Wildman–Crippen LogP) is 3.61. The number of aliphatic hydroxyl groups is 1. The van der Waals surface area contributed by atoms with Crippen LogP contribution in [0.15, 0.2) is 36.4 Å². The lowest BCUT2D eigenvalue weighted by molar-refractivity contribution is 0.0655. The van der Waals surface area contributed by atoms with Gasteiger partial charge in [-0.05, 0) is 29.8 Å². The Hall–Kier alpha value is -1.91. The lowest BCUT2D eigenvalue weighted by Crippen LogP contribution is -2.19. The second-order valence-corrected chi connectivity index (χ2v) is 5.38. The fraction of sp³-hybridized carbons (Fsp3) is 0.250. The lowest BCUT2D eigenvalue weighted by atomic mass is 9.95. The summed E-state index contributed by atoms with van der Waals surface area (Å²) in [7, 11) is 1.58. The molecule has 5 heteroatoms. The summed E-state index contributed by atoms with van der Waals surface area (Å²) < 4.78 is 11.1. The summed E-state index contributed by atoms with van der Waals surface area (Å²) in [5.74, 6) is 1.30. The summed E-state index contributed by atoms with van der Waals surface area (Å²) in [6, 6.07) is 10.3. The average molecular weight is 307 g/mol. The van der Waals surface area contributed by atoms with Crippen LogP contribution in [0.25, 0.3) is 0 Å². The zero-order valence-corrected chi connectivity index (χ0v) is 12.2. The fourth-order valence-corrected chi connectivity index (χ4v) is 2.67. The summed E-state index contributed by atoms with van der Waals surface area (Å²) in [6.45, 7) is 0. The number of aromatic hydroxyl groups is 1. The highest BCUT2D eigenvalue weighted by Crippen LogP contribution is 2.43. The standard InChI is InChI=1S/C16H15ClO4/c1-20-10-3-4-11-14(19)8-15(21-16(11)7-10)9-2-5-13(18)12(17)6-9/h2-7,14-15,18-19H,8H2,1H3. The van der Waals surface area contributed by atoms with Gasteiger partial charge in [-0.3, -0.25) is 0 Å². The number of phenolic OH excluding ortho intramolecular Hbond substituents is 1. The second-order valence-electron chi connectivity index (χ2n) is 4.97. The van der Waals surface area contributed by atoms with Gasteiger partial charge in [-0.2, -0.15) is 0 Å². The first-order valence-electron chi connectivity index (χ1n) is 6.59. The van der Waals surface area contributed by atoms with E-state index in [-0.39, 0.29) is 16.9 Å². The largest absolute Gasteiger partial charge is 0.506 e. The van der Waals surface area contributed by atoms with E-state index in [1.165, 1.54) is 6.07 Å². The lowest BCUT2D eigenvalue weighted by Gasteiger charge is -2.30. The van der Waals surface area contributed by atoms with Crippen LogP contribution < -0.4 is 9.47 Å². The van der Waals surface area contributed by atoms with E-state index in [1.807, 2.05) is 0 Å². The number of hydrogen-bond acceptors (Lipinski definition) is 4. The van der Waals surface area contributed by atoms with Crippen molar-refractivity contribution in [3.8, 4) is 17.2 Å². The smallest absolute Gasteiger partial charge is 0.134 e. The minimum Gasteiger partial charge on any atom is -0.506 e. The van der Waals surface area contributed by atoms with Gasteiger partial charge in [0.15, 0.2) is 0 Å². The molecule has 1 heterocycles. The molecule has 0 aromatic heterocycles. The highest BCUT2D eigenvalue weighted by molar-refractivity contribution is 6.32. The minimum absolute atomic E-state index is 0.0267. The topological polar surface area (TPSA) is 58.9 Å². The minimum atomic E-state index is -0.614. The Morgan fingerprint density at radius 3 is 2.76 bits per heavy atom. The quantitative estimate of drug-likeness (QED) is 0.890. The second kappa shape index (κ2) is 5.47.